The molecular formula is C26H25F2N3O. The summed E-state index contributed by atoms with van der Waals surface area (Å²) in [6.45, 7) is 1.20. The third kappa shape index (κ3) is 4.42. The highest BCUT2D eigenvalue weighted by atomic mass is 19.1. The van der Waals surface area contributed by atoms with Crippen molar-refractivity contribution in [3.63, 3.8) is 0 Å². The van der Waals surface area contributed by atoms with Crippen LogP contribution in [0.3, 0.4) is 0 Å². The second-order valence-electron chi connectivity index (χ2n) is 8.50. The van der Waals surface area contributed by atoms with E-state index in [4.69, 9.17) is 0 Å². The largest absolute Gasteiger partial charge is 0.391 e. The Morgan fingerprint density at radius 3 is 2.75 bits per heavy atom. The summed E-state index contributed by atoms with van der Waals surface area (Å²) in [4.78, 5) is 4.55. The lowest BCUT2D eigenvalue weighted by Crippen LogP contribution is -2.41. The first kappa shape index (κ1) is 20.8. The molecule has 4 aromatic rings. The van der Waals surface area contributed by atoms with E-state index in [0.717, 1.165) is 30.3 Å². The first-order valence-corrected chi connectivity index (χ1v) is 11.0. The number of nitrogens with zero attached hydrogens (tertiary/aromatic N) is 2. The Morgan fingerprint density at radius 1 is 1.06 bits per heavy atom. The number of benzene rings is 3. The maximum Gasteiger partial charge on any atom is 0.135 e. The quantitative estimate of drug-likeness (QED) is 0.471. The van der Waals surface area contributed by atoms with Crippen molar-refractivity contribution in [2.45, 2.75) is 38.0 Å². The molecule has 0 radical (unpaired) electrons. The topological polar surface area (TPSA) is 50.1 Å². The number of aliphatic hydroxyl groups is 1. The fourth-order valence-electron chi connectivity index (χ4n) is 4.45. The number of aliphatic hydroxyl groups excluding tert-OH is 1. The van der Waals surface area contributed by atoms with Gasteiger partial charge < -0.3 is 15.0 Å². The third-order valence-corrected chi connectivity index (χ3v) is 6.13. The first-order valence-electron chi connectivity index (χ1n) is 11.0. The zero-order valence-electron chi connectivity index (χ0n) is 17.6. The van der Waals surface area contributed by atoms with Gasteiger partial charge in [0.25, 0.3) is 0 Å². The van der Waals surface area contributed by atoms with Gasteiger partial charge in [-0.3, -0.25) is 0 Å². The Morgan fingerprint density at radius 2 is 1.91 bits per heavy atom. The van der Waals surface area contributed by atoms with Gasteiger partial charge in [-0.15, -0.1) is 0 Å². The Labute approximate surface area is 185 Å². The van der Waals surface area contributed by atoms with E-state index in [-0.39, 0.29) is 6.04 Å². The van der Waals surface area contributed by atoms with Gasteiger partial charge in [-0.05, 0) is 41.3 Å². The van der Waals surface area contributed by atoms with Crippen molar-refractivity contribution in [3.8, 4) is 11.3 Å². The number of imidazole rings is 1. The van der Waals surface area contributed by atoms with Gasteiger partial charge in [-0.25, -0.2) is 13.8 Å². The fraction of sp³-hybridized carbons (Fsp3) is 0.269. The lowest BCUT2D eigenvalue weighted by Gasteiger charge is -2.26. The minimum atomic E-state index is -0.605. The summed E-state index contributed by atoms with van der Waals surface area (Å²) < 4.78 is 29.3. The number of aryl methyl sites for hydroxylation is 1. The maximum atomic E-state index is 14.1. The molecule has 1 aliphatic rings. The molecule has 0 fully saturated rings. The lowest BCUT2D eigenvalue weighted by molar-refractivity contribution is 0.163. The molecule has 2 N–H and O–H groups in total. The summed E-state index contributed by atoms with van der Waals surface area (Å²) in [7, 11) is 0. The number of halogens is 2. The van der Waals surface area contributed by atoms with Gasteiger partial charge in [0, 0.05) is 43.4 Å². The smallest absolute Gasteiger partial charge is 0.135 e. The molecule has 0 bridgehead atoms. The van der Waals surface area contributed by atoms with Gasteiger partial charge in [0.05, 0.1) is 11.8 Å². The van der Waals surface area contributed by atoms with E-state index in [1.165, 1.54) is 22.9 Å². The average molecular weight is 434 g/mol. The van der Waals surface area contributed by atoms with Crippen molar-refractivity contribution in [3.05, 3.63) is 89.9 Å². The van der Waals surface area contributed by atoms with Crippen LogP contribution in [0.4, 0.5) is 8.78 Å². The summed E-state index contributed by atoms with van der Waals surface area (Å²) in [6.07, 6.45) is 3.59. The summed E-state index contributed by atoms with van der Waals surface area (Å²) >= 11 is 0. The van der Waals surface area contributed by atoms with Crippen LogP contribution in [0.5, 0.6) is 0 Å². The second kappa shape index (κ2) is 8.81. The van der Waals surface area contributed by atoms with Crippen LogP contribution in [0.15, 0.2) is 66.9 Å². The van der Waals surface area contributed by atoms with E-state index in [2.05, 4.69) is 40.6 Å². The molecule has 2 heterocycles. The zero-order valence-corrected chi connectivity index (χ0v) is 17.6. The molecule has 0 saturated heterocycles. The van der Waals surface area contributed by atoms with Crippen molar-refractivity contribution in [1.82, 2.24) is 14.9 Å². The standard InChI is InChI=1S/C26H25F2N3O/c27-20-7-9-23(24(28)13-20)25-16-31-15-21(8-10-26(31)30-25)29-14-22(32)12-17-5-6-18-3-1-2-4-19(18)11-17/h1-7,9,11,13,16,21-22,29,32H,8,10,12,14-15H2. The van der Waals surface area contributed by atoms with Crippen LogP contribution in [0.25, 0.3) is 22.0 Å². The highest BCUT2D eigenvalue weighted by Crippen LogP contribution is 2.25. The molecule has 3 aromatic carbocycles. The Hall–Kier alpha value is -3.09. The van der Waals surface area contributed by atoms with Crippen molar-refractivity contribution < 1.29 is 13.9 Å². The molecule has 1 aliphatic heterocycles. The molecule has 0 saturated carbocycles. The van der Waals surface area contributed by atoms with Crippen LogP contribution < -0.4 is 5.32 Å². The van der Waals surface area contributed by atoms with Crippen LogP contribution in [-0.4, -0.2) is 33.3 Å². The van der Waals surface area contributed by atoms with Gasteiger partial charge in [0.15, 0.2) is 0 Å². The van der Waals surface area contributed by atoms with E-state index < -0.39 is 17.7 Å². The fourth-order valence-corrected chi connectivity index (χ4v) is 4.45. The van der Waals surface area contributed by atoms with Gasteiger partial charge in [0.2, 0.25) is 0 Å². The molecule has 32 heavy (non-hydrogen) atoms. The van der Waals surface area contributed by atoms with E-state index in [1.807, 2.05) is 22.9 Å². The monoisotopic (exact) mass is 433 g/mol. The minimum Gasteiger partial charge on any atom is -0.391 e. The van der Waals surface area contributed by atoms with Gasteiger partial charge in [-0.2, -0.15) is 0 Å². The summed E-state index contributed by atoms with van der Waals surface area (Å²) in [5.41, 5.74) is 1.95. The highest BCUT2D eigenvalue weighted by Gasteiger charge is 2.22. The number of rotatable bonds is 6. The molecule has 2 unspecified atom stereocenters. The first-order chi connectivity index (χ1) is 15.5. The number of fused-ring (bicyclic) bond motifs is 2. The third-order valence-electron chi connectivity index (χ3n) is 6.13. The van der Waals surface area contributed by atoms with E-state index in [9.17, 15) is 13.9 Å². The predicted octanol–water partition coefficient (Wildman–Crippen LogP) is 4.49. The maximum absolute atomic E-state index is 14.1. The van der Waals surface area contributed by atoms with E-state index in [0.29, 0.717) is 30.8 Å². The van der Waals surface area contributed by atoms with Crippen LogP contribution in [0, 0.1) is 11.6 Å². The lowest BCUT2D eigenvalue weighted by atomic mass is 10.0. The van der Waals surface area contributed by atoms with Crippen LogP contribution >= 0.6 is 0 Å². The second-order valence-corrected chi connectivity index (χ2v) is 8.50. The van der Waals surface area contributed by atoms with E-state index >= 15 is 0 Å². The molecule has 5 rings (SSSR count). The summed E-state index contributed by atoms with van der Waals surface area (Å²) in [5.74, 6) is -0.299. The van der Waals surface area contributed by atoms with Gasteiger partial charge in [0.1, 0.15) is 17.5 Å². The Bertz CT molecular complexity index is 1250. The molecule has 1 aromatic heterocycles. The van der Waals surface area contributed by atoms with Gasteiger partial charge in [-0.1, -0.05) is 42.5 Å². The molecule has 0 aliphatic carbocycles. The normalized spacial score (nSPS) is 16.8. The van der Waals surface area contributed by atoms with Crippen molar-refractivity contribution in [2.24, 2.45) is 0 Å². The summed E-state index contributed by atoms with van der Waals surface area (Å²) in [5, 5.41) is 16.4. The van der Waals surface area contributed by atoms with Crippen LogP contribution in [-0.2, 0) is 19.4 Å². The predicted molar refractivity (Wildman–Crippen MR) is 121 cm³/mol. The minimum absolute atomic E-state index is 0.203. The number of hydrogen-bond acceptors (Lipinski definition) is 3. The number of nitrogens with one attached hydrogen (secondary N) is 1. The van der Waals surface area contributed by atoms with Crippen molar-refractivity contribution in [2.75, 3.05) is 6.54 Å². The molecule has 0 amide bonds. The van der Waals surface area contributed by atoms with Crippen molar-refractivity contribution >= 4 is 10.8 Å². The Balaban J connectivity index is 1.19. The van der Waals surface area contributed by atoms with Crippen molar-refractivity contribution in [1.29, 1.82) is 0 Å². The van der Waals surface area contributed by atoms with Crippen LogP contribution in [0.2, 0.25) is 0 Å². The van der Waals surface area contributed by atoms with Gasteiger partial charge >= 0.3 is 0 Å². The summed E-state index contributed by atoms with van der Waals surface area (Å²) in [6, 6.07) is 18.3. The molecule has 6 heteroatoms. The van der Waals surface area contributed by atoms with Crippen LogP contribution in [0.1, 0.15) is 17.8 Å². The number of hydrogen-bond donors (Lipinski definition) is 2. The number of aromatic nitrogens is 2. The molecular weight excluding hydrogens is 408 g/mol. The highest BCUT2D eigenvalue weighted by molar-refractivity contribution is 5.83. The molecule has 2 atom stereocenters. The van der Waals surface area contributed by atoms with E-state index in [1.54, 1.807) is 0 Å². The average Bonchev–Trinajstić information content (AvgIpc) is 3.20. The Kier molecular flexibility index (Phi) is 5.72. The molecule has 164 valence electrons. The SMILES string of the molecule is OC(CNC1CCc2nc(-c3ccc(F)cc3F)cn2C1)Cc1ccc2ccccc2c1. The zero-order chi connectivity index (χ0) is 22.1. The molecule has 4 nitrogen and oxygen atoms in total. The molecule has 0 spiro atoms.